The molecule has 0 saturated carbocycles. The van der Waals surface area contributed by atoms with Crippen molar-refractivity contribution >= 4 is 5.91 Å². The molecule has 0 aliphatic rings. The highest BCUT2D eigenvalue weighted by Crippen LogP contribution is 2.16. The maximum atomic E-state index is 12.1. The highest BCUT2D eigenvalue weighted by molar-refractivity contribution is 5.86. The fourth-order valence-corrected chi connectivity index (χ4v) is 1.58. The number of carbonyl (C=O) groups excluding carboxylic acids is 1. The van der Waals surface area contributed by atoms with E-state index in [2.05, 4.69) is 11.9 Å². The van der Waals surface area contributed by atoms with Crippen molar-refractivity contribution in [3.05, 3.63) is 48.0 Å². The third-order valence-corrected chi connectivity index (χ3v) is 2.73. The fraction of sp³-hybridized carbons (Fsp3) is 0.400. The van der Waals surface area contributed by atoms with Crippen LogP contribution in [0, 0.1) is 0 Å². The molecule has 0 aliphatic carbocycles. The zero-order valence-corrected chi connectivity index (χ0v) is 11.6. The number of nitrogens with two attached hydrogens (primary N) is 1. The Kier molecular flexibility index (Phi) is 5.73. The Labute approximate surface area is 114 Å². The van der Waals surface area contributed by atoms with E-state index in [0.717, 1.165) is 11.1 Å². The van der Waals surface area contributed by atoms with Gasteiger partial charge in [-0.1, -0.05) is 42.5 Å². The van der Waals surface area contributed by atoms with Crippen molar-refractivity contribution in [1.82, 2.24) is 5.32 Å². The van der Waals surface area contributed by atoms with Crippen LogP contribution < -0.4 is 11.1 Å². The average Bonchev–Trinajstić information content (AvgIpc) is 2.38. The second-order valence-electron chi connectivity index (χ2n) is 4.83. The van der Waals surface area contributed by atoms with E-state index in [1.54, 1.807) is 6.92 Å². The highest BCUT2D eigenvalue weighted by atomic mass is 16.5. The summed E-state index contributed by atoms with van der Waals surface area (Å²) >= 11 is 0. The summed E-state index contributed by atoms with van der Waals surface area (Å²) in [5, 5.41) is 2.78. The Bertz CT molecular complexity index is 427. The van der Waals surface area contributed by atoms with Crippen LogP contribution in [0.15, 0.2) is 42.5 Å². The summed E-state index contributed by atoms with van der Waals surface area (Å²) < 4.78 is 5.31. The molecular formula is C15H22N2O2. The number of carbonyl (C=O) groups is 1. The van der Waals surface area contributed by atoms with Crippen LogP contribution in [-0.2, 0) is 15.1 Å². The second kappa shape index (κ2) is 7.07. The molecule has 104 valence electrons. The monoisotopic (exact) mass is 262 g/mol. The van der Waals surface area contributed by atoms with Gasteiger partial charge in [-0.25, -0.2) is 0 Å². The summed E-state index contributed by atoms with van der Waals surface area (Å²) in [5.74, 6) is -0.211. The van der Waals surface area contributed by atoms with Crippen LogP contribution in [0.3, 0.4) is 0 Å². The second-order valence-corrected chi connectivity index (χ2v) is 4.83. The molecular weight excluding hydrogens is 240 g/mol. The standard InChI is InChI=1S/C15H22N2O2/c1-12(2)11-19-10-9-17-14(18)15(3,16)13-7-5-4-6-8-13/h4-8H,1,9-11,16H2,2-3H3,(H,17,18). The molecule has 0 spiro atoms. The molecule has 1 rings (SSSR count). The van der Waals surface area contributed by atoms with Crippen LogP contribution in [0.25, 0.3) is 0 Å². The molecule has 1 atom stereocenters. The smallest absolute Gasteiger partial charge is 0.244 e. The van der Waals surface area contributed by atoms with Gasteiger partial charge in [-0.2, -0.15) is 0 Å². The van der Waals surface area contributed by atoms with Crippen LogP contribution in [0.2, 0.25) is 0 Å². The van der Waals surface area contributed by atoms with Gasteiger partial charge in [0.1, 0.15) is 5.54 Å². The molecule has 0 radical (unpaired) electrons. The lowest BCUT2D eigenvalue weighted by molar-refractivity contribution is -0.126. The van der Waals surface area contributed by atoms with Crippen LogP contribution in [0.1, 0.15) is 19.4 Å². The summed E-state index contributed by atoms with van der Waals surface area (Å²) in [6, 6.07) is 9.31. The normalized spacial score (nSPS) is 13.6. The zero-order valence-electron chi connectivity index (χ0n) is 11.6. The minimum Gasteiger partial charge on any atom is -0.375 e. The van der Waals surface area contributed by atoms with E-state index < -0.39 is 5.54 Å². The average molecular weight is 262 g/mol. The van der Waals surface area contributed by atoms with Gasteiger partial charge in [0.15, 0.2) is 0 Å². The van der Waals surface area contributed by atoms with Crippen molar-refractivity contribution in [2.24, 2.45) is 5.73 Å². The lowest BCUT2D eigenvalue weighted by atomic mass is 9.92. The number of nitrogens with one attached hydrogen (secondary N) is 1. The molecule has 0 fully saturated rings. The maximum Gasteiger partial charge on any atom is 0.244 e. The lowest BCUT2D eigenvalue weighted by Gasteiger charge is -2.24. The number of hydrogen-bond acceptors (Lipinski definition) is 3. The number of hydrogen-bond donors (Lipinski definition) is 2. The van der Waals surface area contributed by atoms with Crippen LogP contribution in [0.4, 0.5) is 0 Å². The van der Waals surface area contributed by atoms with E-state index in [4.69, 9.17) is 10.5 Å². The van der Waals surface area contributed by atoms with Gasteiger partial charge >= 0.3 is 0 Å². The largest absolute Gasteiger partial charge is 0.375 e. The molecule has 1 amide bonds. The molecule has 1 aromatic rings. The predicted octanol–water partition coefficient (Wildman–Crippen LogP) is 1.57. The molecule has 4 heteroatoms. The predicted molar refractivity (Wildman–Crippen MR) is 76.6 cm³/mol. The first-order chi connectivity index (χ1) is 8.94. The van der Waals surface area contributed by atoms with Crippen molar-refractivity contribution in [3.63, 3.8) is 0 Å². The Morgan fingerprint density at radius 2 is 2.05 bits per heavy atom. The molecule has 3 N–H and O–H groups in total. The van der Waals surface area contributed by atoms with Gasteiger partial charge in [0.25, 0.3) is 0 Å². The van der Waals surface area contributed by atoms with E-state index in [1.165, 1.54) is 0 Å². The Morgan fingerprint density at radius 1 is 1.42 bits per heavy atom. The highest BCUT2D eigenvalue weighted by Gasteiger charge is 2.29. The number of benzene rings is 1. The minimum atomic E-state index is -1.03. The molecule has 0 bridgehead atoms. The fourth-order valence-electron chi connectivity index (χ4n) is 1.58. The molecule has 19 heavy (non-hydrogen) atoms. The van der Waals surface area contributed by atoms with Gasteiger partial charge < -0.3 is 15.8 Å². The number of ether oxygens (including phenoxy) is 1. The van der Waals surface area contributed by atoms with Gasteiger partial charge in [-0.15, -0.1) is 0 Å². The van der Waals surface area contributed by atoms with Gasteiger partial charge in [0, 0.05) is 6.54 Å². The quantitative estimate of drug-likeness (QED) is 0.579. The summed E-state index contributed by atoms with van der Waals surface area (Å²) in [6.07, 6.45) is 0. The Hall–Kier alpha value is -1.65. The van der Waals surface area contributed by atoms with Crippen LogP contribution in [-0.4, -0.2) is 25.7 Å². The molecule has 0 saturated heterocycles. The molecule has 1 aromatic carbocycles. The van der Waals surface area contributed by atoms with Crippen molar-refractivity contribution in [1.29, 1.82) is 0 Å². The van der Waals surface area contributed by atoms with E-state index in [9.17, 15) is 4.79 Å². The molecule has 0 aliphatic heterocycles. The van der Waals surface area contributed by atoms with E-state index in [1.807, 2.05) is 37.3 Å². The zero-order chi connectivity index (χ0) is 14.3. The lowest BCUT2D eigenvalue weighted by Crippen LogP contribution is -2.49. The molecule has 1 unspecified atom stereocenters. The summed E-state index contributed by atoms with van der Waals surface area (Å²) in [4.78, 5) is 12.1. The van der Waals surface area contributed by atoms with Gasteiger partial charge in [-0.05, 0) is 19.4 Å². The Balaban J connectivity index is 2.42. The SMILES string of the molecule is C=C(C)COCCNC(=O)C(C)(N)c1ccccc1. The Morgan fingerprint density at radius 3 is 2.63 bits per heavy atom. The van der Waals surface area contributed by atoms with Crippen LogP contribution in [0.5, 0.6) is 0 Å². The van der Waals surface area contributed by atoms with Gasteiger partial charge in [0.05, 0.1) is 13.2 Å². The topological polar surface area (TPSA) is 64.3 Å². The third kappa shape index (κ3) is 4.85. The summed E-state index contributed by atoms with van der Waals surface area (Å²) in [7, 11) is 0. The first-order valence-electron chi connectivity index (χ1n) is 6.29. The molecule has 0 aromatic heterocycles. The van der Waals surface area contributed by atoms with Crippen molar-refractivity contribution in [2.45, 2.75) is 19.4 Å². The maximum absolute atomic E-state index is 12.1. The van der Waals surface area contributed by atoms with E-state index >= 15 is 0 Å². The molecule has 4 nitrogen and oxygen atoms in total. The van der Waals surface area contributed by atoms with E-state index in [-0.39, 0.29) is 5.91 Å². The van der Waals surface area contributed by atoms with Crippen molar-refractivity contribution < 1.29 is 9.53 Å². The van der Waals surface area contributed by atoms with Crippen molar-refractivity contribution in [3.8, 4) is 0 Å². The van der Waals surface area contributed by atoms with E-state index in [0.29, 0.717) is 19.8 Å². The number of rotatable bonds is 7. The van der Waals surface area contributed by atoms with Crippen LogP contribution >= 0.6 is 0 Å². The minimum absolute atomic E-state index is 0.211. The molecule has 0 heterocycles. The first-order valence-corrected chi connectivity index (χ1v) is 6.29. The van der Waals surface area contributed by atoms with Gasteiger partial charge in [0.2, 0.25) is 5.91 Å². The number of amides is 1. The first kappa shape index (κ1) is 15.4. The summed E-state index contributed by atoms with van der Waals surface area (Å²) in [5.41, 5.74) is 6.79. The summed E-state index contributed by atoms with van der Waals surface area (Å²) in [6.45, 7) is 8.72. The third-order valence-electron chi connectivity index (χ3n) is 2.73. The van der Waals surface area contributed by atoms with Gasteiger partial charge in [-0.3, -0.25) is 4.79 Å². The van der Waals surface area contributed by atoms with Crippen molar-refractivity contribution in [2.75, 3.05) is 19.8 Å².